The number of aryl methyl sites for hydroxylation is 1. The normalized spacial score (nSPS) is 12.1. The lowest BCUT2D eigenvalue weighted by atomic mass is 10.2. The van der Waals surface area contributed by atoms with Crippen LogP contribution in [0.3, 0.4) is 0 Å². The zero-order valence-corrected chi connectivity index (χ0v) is 15.0. The molecule has 0 atom stereocenters. The molecule has 0 spiro atoms. The van der Waals surface area contributed by atoms with Crippen molar-refractivity contribution in [2.24, 2.45) is 10.2 Å². The summed E-state index contributed by atoms with van der Waals surface area (Å²) in [4.78, 5) is 0.105. The molecular weight excluding hydrogens is 348 g/mol. The van der Waals surface area contributed by atoms with Crippen molar-refractivity contribution in [1.82, 2.24) is 5.01 Å². The Kier molecular flexibility index (Phi) is 5.82. The Balaban J connectivity index is 2.37. The maximum atomic E-state index is 12.5. The summed E-state index contributed by atoms with van der Waals surface area (Å²) in [6, 6.07) is 13.2. The van der Waals surface area contributed by atoms with Crippen LogP contribution in [-0.4, -0.2) is 25.9 Å². The van der Waals surface area contributed by atoms with Gasteiger partial charge in [-0.05, 0) is 50.2 Å². The van der Waals surface area contributed by atoms with Crippen molar-refractivity contribution >= 4 is 33.3 Å². The Bertz CT molecular complexity index is 818. The number of nitrogens with one attached hydrogen (secondary N) is 1. The van der Waals surface area contributed by atoms with Crippen molar-refractivity contribution in [3.05, 3.63) is 59.1 Å². The van der Waals surface area contributed by atoms with Crippen molar-refractivity contribution in [1.29, 1.82) is 0 Å². The van der Waals surface area contributed by atoms with Crippen LogP contribution in [-0.2, 0) is 10.0 Å². The molecule has 24 heavy (non-hydrogen) atoms. The molecule has 0 aromatic heterocycles. The molecule has 0 saturated carbocycles. The second-order valence-electron chi connectivity index (χ2n) is 5.12. The molecule has 3 N–H and O–H groups in total. The third-order valence-electron chi connectivity index (χ3n) is 3.24. The Labute approximate surface area is 147 Å². The van der Waals surface area contributed by atoms with E-state index >= 15 is 0 Å². The maximum Gasteiger partial charge on any atom is 0.285 e. The van der Waals surface area contributed by atoms with Crippen LogP contribution in [0.4, 0.5) is 5.69 Å². The van der Waals surface area contributed by atoms with Crippen LogP contribution in [0, 0.1) is 6.92 Å². The number of halogens is 1. The van der Waals surface area contributed by atoms with E-state index in [0.717, 1.165) is 5.56 Å². The third kappa shape index (κ3) is 4.70. The highest BCUT2D eigenvalue weighted by molar-refractivity contribution is 7.90. The summed E-state index contributed by atoms with van der Waals surface area (Å²) in [5.41, 5.74) is 1.59. The van der Waals surface area contributed by atoms with Crippen molar-refractivity contribution < 1.29 is 8.42 Å². The lowest BCUT2D eigenvalue weighted by molar-refractivity contribution is 0.464. The smallest absolute Gasteiger partial charge is 0.285 e. The van der Waals surface area contributed by atoms with E-state index in [2.05, 4.69) is 9.71 Å². The molecule has 8 heteroatoms. The number of hydrogen-bond donors (Lipinski definition) is 2. The number of rotatable bonds is 4. The Morgan fingerprint density at radius 3 is 2.29 bits per heavy atom. The first-order chi connectivity index (χ1) is 11.3. The first-order valence-electron chi connectivity index (χ1n) is 7.28. The van der Waals surface area contributed by atoms with E-state index in [4.69, 9.17) is 17.4 Å². The quantitative estimate of drug-likeness (QED) is 0.376. The van der Waals surface area contributed by atoms with E-state index in [-0.39, 0.29) is 10.9 Å². The molecule has 0 amide bonds. The summed E-state index contributed by atoms with van der Waals surface area (Å²) in [5.74, 6) is 5.88. The summed E-state index contributed by atoms with van der Waals surface area (Å²) < 4.78 is 28.8. The standard InChI is InChI=1S/C16H19ClN4O2S/c1-3-21(18)16(19-14-8-6-13(17)7-9-14)20-24(22,23)15-10-4-12(2)5-11-15/h4-11H,3,18H2,1-2H3,(H,19,20). The molecule has 0 aliphatic rings. The SMILES string of the molecule is CCN(N)C(=NS(=O)(=O)c1ccc(C)cc1)Nc1ccc(Cl)cc1. The number of hydrazine groups is 1. The van der Waals surface area contributed by atoms with E-state index in [0.29, 0.717) is 17.3 Å². The van der Waals surface area contributed by atoms with Gasteiger partial charge in [0.2, 0.25) is 5.96 Å². The van der Waals surface area contributed by atoms with Crippen LogP contribution in [0.1, 0.15) is 12.5 Å². The minimum Gasteiger partial charge on any atom is -0.324 e. The fourth-order valence-electron chi connectivity index (χ4n) is 1.84. The summed E-state index contributed by atoms with van der Waals surface area (Å²) in [7, 11) is -3.88. The first-order valence-corrected chi connectivity index (χ1v) is 9.10. The van der Waals surface area contributed by atoms with Gasteiger partial charge < -0.3 is 5.32 Å². The molecule has 0 heterocycles. The van der Waals surface area contributed by atoms with E-state index < -0.39 is 10.0 Å². The second-order valence-corrected chi connectivity index (χ2v) is 7.16. The third-order valence-corrected chi connectivity index (χ3v) is 4.77. The second kappa shape index (κ2) is 7.65. The number of guanidine groups is 1. The summed E-state index contributed by atoms with van der Waals surface area (Å²) in [6.07, 6.45) is 0. The molecule has 0 bridgehead atoms. The monoisotopic (exact) mass is 366 g/mol. The summed E-state index contributed by atoms with van der Waals surface area (Å²) in [6.45, 7) is 4.05. The van der Waals surface area contributed by atoms with Gasteiger partial charge in [0.15, 0.2) is 0 Å². The van der Waals surface area contributed by atoms with Gasteiger partial charge >= 0.3 is 0 Å². The number of nitrogens with two attached hydrogens (primary N) is 1. The molecule has 2 rings (SSSR count). The predicted molar refractivity (Wildman–Crippen MR) is 97.4 cm³/mol. The largest absolute Gasteiger partial charge is 0.324 e. The highest BCUT2D eigenvalue weighted by atomic mass is 35.5. The fourth-order valence-corrected chi connectivity index (χ4v) is 2.93. The van der Waals surface area contributed by atoms with Crippen LogP contribution in [0.15, 0.2) is 57.8 Å². The van der Waals surface area contributed by atoms with E-state index in [1.54, 1.807) is 43.3 Å². The molecule has 128 valence electrons. The van der Waals surface area contributed by atoms with Crippen molar-refractivity contribution in [2.75, 3.05) is 11.9 Å². The van der Waals surface area contributed by atoms with Crippen LogP contribution < -0.4 is 11.2 Å². The molecule has 0 aliphatic carbocycles. The van der Waals surface area contributed by atoms with Gasteiger partial charge in [-0.3, -0.25) is 5.01 Å². The number of anilines is 1. The van der Waals surface area contributed by atoms with E-state index in [1.165, 1.54) is 17.1 Å². The Hall–Kier alpha value is -2.09. The van der Waals surface area contributed by atoms with Gasteiger partial charge in [0.05, 0.1) is 4.90 Å². The van der Waals surface area contributed by atoms with Crippen molar-refractivity contribution in [3.63, 3.8) is 0 Å². The lowest BCUT2D eigenvalue weighted by Gasteiger charge is -2.19. The molecule has 0 unspecified atom stereocenters. The minimum absolute atomic E-state index is 0.0281. The predicted octanol–water partition coefficient (Wildman–Crippen LogP) is 3.00. The molecule has 0 aliphatic heterocycles. The number of nitrogens with zero attached hydrogens (tertiary/aromatic N) is 2. The number of hydrogen-bond acceptors (Lipinski definition) is 3. The zero-order chi connectivity index (χ0) is 17.7. The van der Waals surface area contributed by atoms with Gasteiger partial charge in [-0.1, -0.05) is 29.3 Å². The number of benzene rings is 2. The van der Waals surface area contributed by atoms with Gasteiger partial charge in [-0.2, -0.15) is 8.42 Å². The van der Waals surface area contributed by atoms with Gasteiger partial charge in [0.1, 0.15) is 0 Å². The van der Waals surface area contributed by atoms with E-state index in [1.807, 2.05) is 6.92 Å². The van der Waals surface area contributed by atoms with Gasteiger partial charge in [0, 0.05) is 17.3 Å². The van der Waals surface area contributed by atoms with Gasteiger partial charge in [0.25, 0.3) is 10.0 Å². The topological polar surface area (TPSA) is 87.8 Å². The molecular formula is C16H19ClN4O2S. The lowest BCUT2D eigenvalue weighted by Crippen LogP contribution is -2.42. The van der Waals surface area contributed by atoms with Crippen molar-refractivity contribution in [2.45, 2.75) is 18.7 Å². The van der Waals surface area contributed by atoms with Crippen LogP contribution in [0.5, 0.6) is 0 Å². The molecule has 6 nitrogen and oxygen atoms in total. The highest BCUT2D eigenvalue weighted by Gasteiger charge is 2.17. The van der Waals surface area contributed by atoms with Crippen LogP contribution in [0.25, 0.3) is 0 Å². The molecule has 0 saturated heterocycles. The van der Waals surface area contributed by atoms with Crippen LogP contribution in [0.2, 0.25) is 5.02 Å². The average molecular weight is 367 g/mol. The Morgan fingerprint density at radius 2 is 1.75 bits per heavy atom. The van der Waals surface area contributed by atoms with E-state index in [9.17, 15) is 8.42 Å². The van der Waals surface area contributed by atoms with Gasteiger partial charge in [-0.25, -0.2) is 5.84 Å². The molecule has 2 aromatic carbocycles. The maximum absolute atomic E-state index is 12.5. The minimum atomic E-state index is -3.88. The first kappa shape index (κ1) is 18.3. The molecule has 2 aromatic rings. The zero-order valence-electron chi connectivity index (χ0n) is 13.4. The van der Waals surface area contributed by atoms with Crippen molar-refractivity contribution in [3.8, 4) is 0 Å². The summed E-state index contributed by atoms with van der Waals surface area (Å²) in [5, 5.41) is 4.71. The number of sulfonamides is 1. The molecule has 0 fully saturated rings. The van der Waals surface area contributed by atoms with Crippen LogP contribution >= 0.6 is 11.6 Å². The average Bonchev–Trinajstić information content (AvgIpc) is 2.55. The Morgan fingerprint density at radius 1 is 1.17 bits per heavy atom. The van der Waals surface area contributed by atoms with Gasteiger partial charge in [-0.15, -0.1) is 4.40 Å². The highest BCUT2D eigenvalue weighted by Crippen LogP contribution is 2.16. The fraction of sp³-hybridized carbons (Fsp3) is 0.188. The molecule has 0 radical (unpaired) electrons. The summed E-state index contributed by atoms with van der Waals surface area (Å²) >= 11 is 5.85.